The Morgan fingerprint density at radius 3 is 2.44 bits per heavy atom. The monoisotopic (exact) mass is 469 g/mol. The normalized spacial score (nSPS) is 17.1. The number of carbonyl (C=O) groups excluding carboxylic acids is 1. The third-order valence-electron chi connectivity index (χ3n) is 6.27. The maximum absolute atomic E-state index is 13.8. The summed E-state index contributed by atoms with van der Waals surface area (Å²) >= 11 is 5.98. The number of hydrogen-bond acceptors (Lipinski definition) is 4. The molecule has 1 amide bonds. The predicted molar refractivity (Wildman–Crippen MR) is 117 cm³/mol. The van der Waals surface area contributed by atoms with Crippen LogP contribution in [0.1, 0.15) is 36.3 Å². The Kier molecular flexibility index (Phi) is 7.35. The van der Waals surface area contributed by atoms with E-state index in [0.29, 0.717) is 12.0 Å². The summed E-state index contributed by atoms with van der Waals surface area (Å²) in [6.45, 7) is 0.270. The van der Waals surface area contributed by atoms with Gasteiger partial charge in [0.25, 0.3) is 0 Å². The molecule has 174 valence electrons. The molecule has 2 N–H and O–H groups in total. The van der Waals surface area contributed by atoms with Gasteiger partial charge in [0.05, 0.1) is 10.4 Å². The molecule has 1 fully saturated rings. The van der Waals surface area contributed by atoms with E-state index in [-0.39, 0.29) is 42.6 Å². The molecule has 1 aliphatic rings. The number of alkyl halides is 3. The van der Waals surface area contributed by atoms with Crippen molar-refractivity contribution in [1.29, 1.82) is 0 Å². The number of phenolic OH excluding ortho intramolecular Hbond substituents is 1. The number of phenols is 1. The molecule has 1 heterocycles. The van der Waals surface area contributed by atoms with Crippen molar-refractivity contribution in [2.24, 2.45) is 5.41 Å². The van der Waals surface area contributed by atoms with Crippen molar-refractivity contribution < 1.29 is 23.1 Å². The highest BCUT2D eigenvalue weighted by molar-refractivity contribution is 6.32. The first-order chi connectivity index (χ1) is 15.0. The highest BCUT2D eigenvalue weighted by Crippen LogP contribution is 2.66. The lowest BCUT2D eigenvalue weighted by molar-refractivity contribution is -0.194. The number of rotatable bonds is 9. The number of nitrogens with zero attached hydrogens (tertiary/aromatic N) is 2. The first kappa shape index (κ1) is 24.3. The second kappa shape index (κ2) is 9.67. The molecule has 0 saturated heterocycles. The fourth-order valence-corrected chi connectivity index (χ4v) is 4.27. The summed E-state index contributed by atoms with van der Waals surface area (Å²) in [5, 5.41) is 12.6. The molecule has 1 aliphatic carbocycles. The number of likely N-dealkylation sites (N-methyl/N-ethyl adjacent to an activating group) is 1. The number of amides is 1. The van der Waals surface area contributed by atoms with Gasteiger partial charge in [0, 0.05) is 37.3 Å². The molecular weight excluding hydrogens is 443 g/mol. The zero-order valence-electron chi connectivity index (χ0n) is 18.0. The van der Waals surface area contributed by atoms with E-state index in [0.717, 1.165) is 5.56 Å². The van der Waals surface area contributed by atoms with Crippen molar-refractivity contribution in [3.05, 3.63) is 58.9 Å². The zero-order chi connectivity index (χ0) is 23.5. The smallest absolute Gasteiger partial charge is 0.395 e. The molecular formula is C23H27ClF3N3O2. The van der Waals surface area contributed by atoms with Crippen molar-refractivity contribution in [2.75, 3.05) is 20.6 Å². The molecule has 3 rings (SSSR count). The molecule has 5 nitrogen and oxygen atoms in total. The first-order valence-corrected chi connectivity index (χ1v) is 10.8. The van der Waals surface area contributed by atoms with E-state index in [1.54, 1.807) is 24.3 Å². The van der Waals surface area contributed by atoms with Crippen LogP contribution >= 0.6 is 11.6 Å². The molecule has 1 saturated carbocycles. The van der Waals surface area contributed by atoms with Crippen LogP contribution in [0.15, 0.2) is 42.7 Å². The molecule has 0 bridgehead atoms. The Morgan fingerprint density at radius 2 is 1.91 bits per heavy atom. The van der Waals surface area contributed by atoms with Gasteiger partial charge in [0.1, 0.15) is 5.75 Å². The average molecular weight is 470 g/mol. The minimum absolute atomic E-state index is 0.00838. The number of pyridine rings is 1. The van der Waals surface area contributed by atoms with E-state index >= 15 is 0 Å². The van der Waals surface area contributed by atoms with Gasteiger partial charge in [-0.25, -0.2) is 0 Å². The van der Waals surface area contributed by atoms with Crippen LogP contribution in [-0.4, -0.2) is 53.8 Å². The fourth-order valence-electron chi connectivity index (χ4n) is 4.07. The quantitative estimate of drug-likeness (QED) is 0.565. The van der Waals surface area contributed by atoms with Crippen LogP contribution in [0.5, 0.6) is 5.75 Å². The van der Waals surface area contributed by atoms with Crippen molar-refractivity contribution >= 4 is 17.5 Å². The van der Waals surface area contributed by atoms with Crippen molar-refractivity contribution in [1.82, 2.24) is 15.2 Å². The van der Waals surface area contributed by atoms with Crippen LogP contribution in [0, 0.1) is 5.41 Å². The molecule has 1 aromatic heterocycles. The van der Waals surface area contributed by atoms with E-state index in [2.05, 4.69) is 10.3 Å². The van der Waals surface area contributed by atoms with E-state index in [1.807, 2.05) is 19.0 Å². The minimum Gasteiger partial charge on any atom is -0.506 e. The van der Waals surface area contributed by atoms with Gasteiger partial charge >= 0.3 is 6.18 Å². The molecule has 9 heteroatoms. The lowest BCUT2D eigenvalue weighted by Crippen LogP contribution is -2.42. The van der Waals surface area contributed by atoms with Gasteiger partial charge in [-0.15, -0.1) is 0 Å². The fraction of sp³-hybridized carbons (Fsp3) is 0.478. The number of halogens is 4. The Morgan fingerprint density at radius 1 is 1.25 bits per heavy atom. The average Bonchev–Trinajstić information content (AvgIpc) is 3.54. The molecule has 32 heavy (non-hydrogen) atoms. The van der Waals surface area contributed by atoms with E-state index < -0.39 is 23.4 Å². The summed E-state index contributed by atoms with van der Waals surface area (Å²) in [6.07, 6.45) is -1.10. The Balaban J connectivity index is 1.68. The molecule has 2 unspecified atom stereocenters. The third-order valence-corrected chi connectivity index (χ3v) is 6.57. The van der Waals surface area contributed by atoms with E-state index in [4.69, 9.17) is 11.6 Å². The summed E-state index contributed by atoms with van der Waals surface area (Å²) in [6, 6.07) is 7.93. The summed E-state index contributed by atoms with van der Waals surface area (Å²) in [7, 11) is 3.73. The van der Waals surface area contributed by atoms with Crippen LogP contribution in [-0.2, 0) is 11.2 Å². The van der Waals surface area contributed by atoms with E-state index in [1.165, 1.54) is 18.5 Å². The zero-order valence-corrected chi connectivity index (χ0v) is 18.7. The number of hydrogen-bond donors (Lipinski definition) is 2. The van der Waals surface area contributed by atoms with Crippen LogP contribution in [0.2, 0.25) is 5.02 Å². The molecule has 1 aromatic carbocycles. The highest BCUT2D eigenvalue weighted by atomic mass is 35.5. The van der Waals surface area contributed by atoms with Crippen LogP contribution < -0.4 is 5.32 Å². The molecule has 2 atom stereocenters. The van der Waals surface area contributed by atoms with Gasteiger partial charge < -0.3 is 15.3 Å². The lowest BCUT2D eigenvalue weighted by atomic mass is 9.80. The second-order valence-corrected chi connectivity index (χ2v) is 9.01. The third kappa shape index (κ3) is 5.53. The van der Waals surface area contributed by atoms with Gasteiger partial charge in [-0.2, -0.15) is 13.2 Å². The number of benzene rings is 1. The molecule has 2 aromatic rings. The standard InChI is InChI=1S/C23H27ClF3N3O2/c1-30(2)17(11-15-3-4-20(31)19(24)12-15)14-29-21(32)13-18(16-5-9-28-10-6-16)22(7-8-22)23(25,26)27/h3-6,9-10,12,17-18,31H,7-8,11,13-14H2,1-2H3,(H,29,32). The first-order valence-electron chi connectivity index (χ1n) is 10.4. The molecule has 0 radical (unpaired) electrons. The highest BCUT2D eigenvalue weighted by Gasteiger charge is 2.67. The second-order valence-electron chi connectivity index (χ2n) is 8.60. The van der Waals surface area contributed by atoms with Crippen molar-refractivity contribution in [2.45, 2.75) is 43.8 Å². The summed E-state index contributed by atoms with van der Waals surface area (Å²) in [5.74, 6) is -1.37. The summed E-state index contributed by atoms with van der Waals surface area (Å²) in [5.41, 5.74) is -0.493. The topological polar surface area (TPSA) is 65.5 Å². The van der Waals surface area contributed by atoms with Gasteiger partial charge in [-0.3, -0.25) is 9.78 Å². The number of aromatic hydroxyl groups is 1. The van der Waals surface area contributed by atoms with Crippen LogP contribution in [0.25, 0.3) is 0 Å². The van der Waals surface area contributed by atoms with Crippen LogP contribution in [0.4, 0.5) is 13.2 Å². The van der Waals surface area contributed by atoms with E-state index in [9.17, 15) is 23.1 Å². The molecule has 0 spiro atoms. The van der Waals surface area contributed by atoms with Gasteiger partial charge in [-0.05, 0) is 68.8 Å². The number of nitrogens with one attached hydrogen (secondary N) is 1. The SMILES string of the molecule is CN(C)C(CNC(=O)CC(c1ccncc1)C1(C(F)(F)F)CC1)Cc1ccc(O)c(Cl)c1. The Hall–Kier alpha value is -2.32. The lowest BCUT2D eigenvalue weighted by Gasteiger charge is -2.30. The largest absolute Gasteiger partial charge is 0.506 e. The van der Waals surface area contributed by atoms with Crippen molar-refractivity contribution in [3.63, 3.8) is 0 Å². The van der Waals surface area contributed by atoms with Crippen molar-refractivity contribution in [3.8, 4) is 5.75 Å². The van der Waals surface area contributed by atoms with Crippen LogP contribution in [0.3, 0.4) is 0 Å². The summed E-state index contributed by atoms with van der Waals surface area (Å²) in [4.78, 5) is 18.6. The minimum atomic E-state index is -4.37. The maximum Gasteiger partial charge on any atom is 0.395 e. The van der Waals surface area contributed by atoms with Gasteiger partial charge in [-0.1, -0.05) is 17.7 Å². The number of aromatic nitrogens is 1. The Labute approximate surface area is 190 Å². The van der Waals surface area contributed by atoms with Gasteiger partial charge in [0.2, 0.25) is 5.91 Å². The predicted octanol–water partition coefficient (Wildman–Crippen LogP) is 4.55. The summed E-state index contributed by atoms with van der Waals surface area (Å²) < 4.78 is 41.5. The maximum atomic E-state index is 13.8. The number of carbonyl (C=O) groups is 1. The Bertz CT molecular complexity index is 934. The molecule has 0 aliphatic heterocycles. The van der Waals surface area contributed by atoms with Gasteiger partial charge in [0.15, 0.2) is 0 Å².